The van der Waals surface area contributed by atoms with E-state index in [0.717, 1.165) is 15.6 Å². The van der Waals surface area contributed by atoms with Crippen molar-refractivity contribution < 1.29 is 9.94 Å². The van der Waals surface area contributed by atoms with Crippen molar-refractivity contribution in [2.75, 3.05) is 0 Å². The highest BCUT2D eigenvalue weighted by molar-refractivity contribution is 9.10. The smallest absolute Gasteiger partial charge is 0.173 e. The van der Waals surface area contributed by atoms with Crippen molar-refractivity contribution in [3.8, 4) is 5.75 Å². The normalized spacial score (nSPS) is 11.4. The molecular formula is C14H14BrN3O2. The van der Waals surface area contributed by atoms with Crippen LogP contribution >= 0.6 is 15.9 Å². The third kappa shape index (κ3) is 3.48. The van der Waals surface area contributed by atoms with Crippen LogP contribution < -0.4 is 10.5 Å². The number of aryl methyl sites for hydroxylation is 1. The number of ether oxygens (including phenoxy) is 1. The standard InChI is InChI=1S/C14H14BrN3O2/c1-9-4-10(7-17-6-9)8-20-13-3-2-11(15)5-12(13)14(16)18-19/h2-7,19H,8H2,1H3,(H2,16,18). The summed E-state index contributed by atoms with van der Waals surface area (Å²) in [5.41, 5.74) is 8.20. The van der Waals surface area contributed by atoms with E-state index in [2.05, 4.69) is 26.1 Å². The van der Waals surface area contributed by atoms with Gasteiger partial charge in [0, 0.05) is 22.4 Å². The molecule has 5 nitrogen and oxygen atoms in total. The fourth-order valence-corrected chi connectivity index (χ4v) is 2.10. The molecule has 0 aliphatic heterocycles. The lowest BCUT2D eigenvalue weighted by Gasteiger charge is -2.11. The predicted molar refractivity (Wildman–Crippen MR) is 80.0 cm³/mol. The minimum absolute atomic E-state index is 0.00340. The summed E-state index contributed by atoms with van der Waals surface area (Å²) in [6, 6.07) is 7.33. The van der Waals surface area contributed by atoms with Crippen LogP contribution in [-0.4, -0.2) is 16.0 Å². The first-order valence-electron chi connectivity index (χ1n) is 5.91. The summed E-state index contributed by atoms with van der Waals surface area (Å²) >= 11 is 3.34. The number of nitrogens with zero attached hydrogens (tertiary/aromatic N) is 2. The van der Waals surface area contributed by atoms with E-state index in [0.29, 0.717) is 17.9 Å². The van der Waals surface area contributed by atoms with Crippen LogP contribution in [0.1, 0.15) is 16.7 Å². The summed E-state index contributed by atoms with van der Waals surface area (Å²) in [4.78, 5) is 4.11. The summed E-state index contributed by atoms with van der Waals surface area (Å²) in [6.45, 7) is 2.33. The van der Waals surface area contributed by atoms with Gasteiger partial charge in [-0.2, -0.15) is 0 Å². The fourth-order valence-electron chi connectivity index (χ4n) is 1.74. The summed E-state index contributed by atoms with van der Waals surface area (Å²) in [6.07, 6.45) is 3.53. The number of amidine groups is 1. The van der Waals surface area contributed by atoms with Crippen molar-refractivity contribution >= 4 is 21.8 Å². The lowest BCUT2D eigenvalue weighted by Crippen LogP contribution is -2.15. The van der Waals surface area contributed by atoms with E-state index < -0.39 is 0 Å². The molecule has 1 aromatic carbocycles. The first-order valence-corrected chi connectivity index (χ1v) is 6.70. The minimum Gasteiger partial charge on any atom is -0.488 e. The van der Waals surface area contributed by atoms with Gasteiger partial charge in [0.1, 0.15) is 12.4 Å². The molecule has 20 heavy (non-hydrogen) atoms. The first-order chi connectivity index (χ1) is 9.60. The van der Waals surface area contributed by atoms with E-state index in [1.807, 2.05) is 19.1 Å². The second kappa shape index (κ2) is 6.38. The zero-order valence-electron chi connectivity index (χ0n) is 10.9. The van der Waals surface area contributed by atoms with Crippen molar-refractivity contribution in [2.24, 2.45) is 10.9 Å². The summed E-state index contributed by atoms with van der Waals surface area (Å²) < 4.78 is 6.55. The van der Waals surface area contributed by atoms with Crippen molar-refractivity contribution in [3.05, 3.63) is 57.8 Å². The Hall–Kier alpha value is -2.08. The Labute approximate surface area is 125 Å². The third-order valence-electron chi connectivity index (χ3n) is 2.65. The van der Waals surface area contributed by atoms with Gasteiger partial charge in [-0.3, -0.25) is 4.98 Å². The van der Waals surface area contributed by atoms with Crippen molar-refractivity contribution in [3.63, 3.8) is 0 Å². The van der Waals surface area contributed by atoms with E-state index in [4.69, 9.17) is 15.7 Å². The number of rotatable bonds is 4. The quantitative estimate of drug-likeness (QED) is 0.389. The van der Waals surface area contributed by atoms with Crippen LogP contribution in [0.2, 0.25) is 0 Å². The second-order valence-corrected chi connectivity index (χ2v) is 5.20. The van der Waals surface area contributed by atoms with Gasteiger partial charge in [0.15, 0.2) is 5.84 Å². The highest BCUT2D eigenvalue weighted by atomic mass is 79.9. The molecule has 0 bridgehead atoms. The molecule has 0 saturated carbocycles. The van der Waals surface area contributed by atoms with Gasteiger partial charge in [0.05, 0.1) is 5.56 Å². The molecule has 0 aliphatic carbocycles. The lowest BCUT2D eigenvalue weighted by molar-refractivity contribution is 0.302. The molecule has 1 aromatic heterocycles. The maximum Gasteiger partial charge on any atom is 0.173 e. The van der Waals surface area contributed by atoms with Gasteiger partial charge in [-0.25, -0.2) is 0 Å². The van der Waals surface area contributed by atoms with Gasteiger partial charge < -0.3 is 15.7 Å². The highest BCUT2D eigenvalue weighted by Gasteiger charge is 2.09. The number of oxime groups is 1. The Bertz CT molecular complexity index is 644. The Morgan fingerprint density at radius 2 is 2.20 bits per heavy atom. The molecule has 0 spiro atoms. The van der Waals surface area contributed by atoms with Gasteiger partial charge in [-0.1, -0.05) is 21.1 Å². The van der Waals surface area contributed by atoms with Crippen molar-refractivity contribution in [2.45, 2.75) is 13.5 Å². The molecule has 6 heteroatoms. The van der Waals surface area contributed by atoms with Crippen LogP contribution in [0.4, 0.5) is 0 Å². The monoisotopic (exact) mass is 335 g/mol. The summed E-state index contributed by atoms with van der Waals surface area (Å²) in [5, 5.41) is 11.8. The number of pyridine rings is 1. The van der Waals surface area contributed by atoms with Crippen LogP contribution in [0.5, 0.6) is 5.75 Å². The third-order valence-corrected chi connectivity index (χ3v) is 3.14. The van der Waals surface area contributed by atoms with Gasteiger partial charge in [0.25, 0.3) is 0 Å². The number of hydrogen-bond donors (Lipinski definition) is 2. The number of nitrogens with two attached hydrogens (primary N) is 1. The van der Waals surface area contributed by atoms with Crippen LogP contribution in [0, 0.1) is 6.92 Å². The van der Waals surface area contributed by atoms with E-state index in [-0.39, 0.29) is 5.84 Å². The van der Waals surface area contributed by atoms with Gasteiger partial charge >= 0.3 is 0 Å². The molecule has 0 radical (unpaired) electrons. The number of benzene rings is 1. The Kier molecular flexibility index (Phi) is 4.57. The average molecular weight is 336 g/mol. The summed E-state index contributed by atoms with van der Waals surface area (Å²) in [7, 11) is 0. The first kappa shape index (κ1) is 14.3. The zero-order chi connectivity index (χ0) is 14.5. The Morgan fingerprint density at radius 3 is 2.90 bits per heavy atom. The van der Waals surface area contributed by atoms with Gasteiger partial charge in [0.2, 0.25) is 0 Å². The molecule has 0 fully saturated rings. The highest BCUT2D eigenvalue weighted by Crippen LogP contribution is 2.24. The van der Waals surface area contributed by atoms with Crippen molar-refractivity contribution in [1.82, 2.24) is 4.98 Å². The van der Waals surface area contributed by atoms with E-state index in [9.17, 15) is 0 Å². The summed E-state index contributed by atoms with van der Waals surface area (Å²) in [5.74, 6) is 0.550. The van der Waals surface area contributed by atoms with E-state index in [1.165, 1.54) is 0 Å². The molecule has 0 amide bonds. The Morgan fingerprint density at radius 1 is 1.40 bits per heavy atom. The lowest BCUT2D eigenvalue weighted by atomic mass is 10.2. The molecule has 2 aromatic rings. The molecule has 0 saturated heterocycles. The Balaban J connectivity index is 2.21. The average Bonchev–Trinajstić information content (AvgIpc) is 2.45. The van der Waals surface area contributed by atoms with Crippen LogP contribution in [0.3, 0.4) is 0 Å². The molecule has 2 rings (SSSR count). The molecule has 3 N–H and O–H groups in total. The van der Waals surface area contributed by atoms with E-state index in [1.54, 1.807) is 24.5 Å². The fraction of sp³-hybridized carbons (Fsp3) is 0.143. The van der Waals surface area contributed by atoms with Crippen LogP contribution in [0.25, 0.3) is 0 Å². The second-order valence-electron chi connectivity index (χ2n) is 4.28. The predicted octanol–water partition coefficient (Wildman–Crippen LogP) is 2.83. The minimum atomic E-state index is 0.00340. The molecule has 0 aliphatic rings. The van der Waals surface area contributed by atoms with Gasteiger partial charge in [-0.05, 0) is 36.8 Å². The zero-order valence-corrected chi connectivity index (χ0v) is 12.5. The maximum atomic E-state index is 8.81. The number of hydrogen-bond acceptors (Lipinski definition) is 4. The van der Waals surface area contributed by atoms with Crippen LogP contribution in [-0.2, 0) is 6.61 Å². The molecular weight excluding hydrogens is 322 g/mol. The molecule has 0 atom stereocenters. The maximum absolute atomic E-state index is 8.81. The molecule has 104 valence electrons. The largest absolute Gasteiger partial charge is 0.488 e. The number of aromatic nitrogens is 1. The molecule has 1 heterocycles. The van der Waals surface area contributed by atoms with Gasteiger partial charge in [-0.15, -0.1) is 0 Å². The van der Waals surface area contributed by atoms with E-state index >= 15 is 0 Å². The van der Waals surface area contributed by atoms with Crippen molar-refractivity contribution in [1.29, 1.82) is 0 Å². The SMILES string of the molecule is Cc1cncc(COc2ccc(Br)cc2/C(N)=N/O)c1. The number of halogens is 1. The molecule has 0 unspecified atom stereocenters. The topological polar surface area (TPSA) is 80.7 Å². The van der Waals surface area contributed by atoms with Crippen LogP contribution in [0.15, 0.2) is 46.3 Å².